The van der Waals surface area contributed by atoms with E-state index in [-0.39, 0.29) is 5.78 Å². The second-order valence-corrected chi connectivity index (χ2v) is 5.19. The van der Waals surface area contributed by atoms with Crippen LogP contribution < -0.4 is 0 Å². The molecular formula is C13H24O3S. The van der Waals surface area contributed by atoms with Crippen molar-refractivity contribution < 1.29 is 14.7 Å². The van der Waals surface area contributed by atoms with Gasteiger partial charge in [-0.1, -0.05) is 38.5 Å². The Bertz CT molecular complexity index is 229. The van der Waals surface area contributed by atoms with Crippen LogP contribution in [0.2, 0.25) is 0 Å². The first-order valence-corrected chi connectivity index (χ1v) is 6.96. The Morgan fingerprint density at radius 1 is 1.00 bits per heavy atom. The first-order chi connectivity index (χ1) is 8.04. The summed E-state index contributed by atoms with van der Waals surface area (Å²) in [7, 11) is 0. The van der Waals surface area contributed by atoms with E-state index >= 15 is 0 Å². The molecule has 0 aliphatic heterocycles. The molecule has 0 aromatic carbocycles. The number of carbonyl (C=O) groups is 2. The van der Waals surface area contributed by atoms with E-state index in [0.717, 1.165) is 32.1 Å². The molecule has 3 nitrogen and oxygen atoms in total. The monoisotopic (exact) mass is 260 g/mol. The molecule has 0 saturated carbocycles. The number of aliphatic carboxylic acids is 1. The number of carboxylic acids is 1. The van der Waals surface area contributed by atoms with Gasteiger partial charge in [0.25, 0.3) is 0 Å². The fraction of sp³-hybridized carbons (Fsp3) is 0.846. The minimum atomic E-state index is -0.822. The summed E-state index contributed by atoms with van der Waals surface area (Å²) in [5.74, 6) is -0.545. The maximum atomic E-state index is 10.7. The summed E-state index contributed by atoms with van der Waals surface area (Å²) in [6, 6.07) is 0. The molecule has 0 fully saturated rings. The maximum Gasteiger partial charge on any atom is 0.316 e. The number of ketones is 1. The van der Waals surface area contributed by atoms with Gasteiger partial charge in [0, 0.05) is 6.42 Å². The molecule has 0 rings (SSSR count). The van der Waals surface area contributed by atoms with Crippen LogP contribution in [0.4, 0.5) is 0 Å². The van der Waals surface area contributed by atoms with Crippen LogP contribution in [-0.4, -0.2) is 22.1 Å². The molecule has 1 unspecified atom stereocenters. The Balaban J connectivity index is 3.14. The Hall–Kier alpha value is -0.510. The number of carbonyl (C=O) groups excluding carboxylic acids is 1. The second-order valence-electron chi connectivity index (χ2n) is 4.57. The molecule has 0 aliphatic rings. The Labute approximate surface area is 109 Å². The third kappa shape index (κ3) is 11.7. The van der Waals surface area contributed by atoms with Crippen LogP contribution in [0.5, 0.6) is 0 Å². The fourth-order valence-corrected chi connectivity index (χ4v) is 1.90. The summed E-state index contributed by atoms with van der Waals surface area (Å²) in [5, 5.41) is 8.11. The van der Waals surface area contributed by atoms with Crippen molar-refractivity contribution in [2.24, 2.45) is 0 Å². The summed E-state index contributed by atoms with van der Waals surface area (Å²) in [6.45, 7) is 1.64. The largest absolute Gasteiger partial charge is 0.480 e. The molecule has 100 valence electrons. The molecule has 0 spiro atoms. The summed E-state index contributed by atoms with van der Waals surface area (Å²) >= 11 is 3.98. The zero-order valence-corrected chi connectivity index (χ0v) is 11.5. The highest BCUT2D eigenvalue weighted by Gasteiger charge is 2.10. The number of unbranched alkanes of at least 4 members (excludes halogenated alkanes) is 6. The van der Waals surface area contributed by atoms with Crippen LogP contribution in [0.25, 0.3) is 0 Å². The zero-order valence-electron chi connectivity index (χ0n) is 10.7. The van der Waals surface area contributed by atoms with Crippen LogP contribution in [0.15, 0.2) is 0 Å². The van der Waals surface area contributed by atoms with Gasteiger partial charge in [-0.3, -0.25) is 4.79 Å². The Morgan fingerprint density at radius 2 is 1.47 bits per heavy atom. The predicted octanol–water partition coefficient (Wildman–Crippen LogP) is 3.47. The molecule has 4 heteroatoms. The number of rotatable bonds is 11. The first kappa shape index (κ1) is 16.5. The summed E-state index contributed by atoms with van der Waals surface area (Å²) in [5.41, 5.74) is 0. The van der Waals surface area contributed by atoms with Crippen LogP contribution in [0, 0.1) is 0 Å². The third-order valence-electron chi connectivity index (χ3n) is 2.79. The first-order valence-electron chi connectivity index (χ1n) is 6.44. The lowest BCUT2D eigenvalue weighted by molar-refractivity contribution is -0.136. The van der Waals surface area contributed by atoms with Gasteiger partial charge in [0.2, 0.25) is 0 Å². The van der Waals surface area contributed by atoms with Gasteiger partial charge < -0.3 is 9.90 Å². The third-order valence-corrected chi connectivity index (χ3v) is 3.27. The topological polar surface area (TPSA) is 54.4 Å². The summed E-state index contributed by atoms with van der Waals surface area (Å²) in [4.78, 5) is 21.2. The van der Waals surface area contributed by atoms with Crippen molar-refractivity contribution in [3.05, 3.63) is 0 Å². The van der Waals surface area contributed by atoms with Crippen molar-refractivity contribution in [3.8, 4) is 0 Å². The van der Waals surface area contributed by atoms with E-state index in [1.54, 1.807) is 6.92 Å². The van der Waals surface area contributed by atoms with Gasteiger partial charge in [-0.2, -0.15) is 12.6 Å². The fourth-order valence-electron chi connectivity index (χ4n) is 1.72. The number of hydrogen-bond acceptors (Lipinski definition) is 3. The average molecular weight is 260 g/mol. The van der Waals surface area contributed by atoms with Crippen LogP contribution in [0.3, 0.4) is 0 Å². The van der Waals surface area contributed by atoms with Crippen LogP contribution in [-0.2, 0) is 9.59 Å². The molecule has 0 amide bonds. The Kier molecular flexibility index (Phi) is 10.3. The smallest absolute Gasteiger partial charge is 0.316 e. The van der Waals surface area contributed by atoms with Gasteiger partial charge in [-0.05, 0) is 19.8 Å². The lowest BCUT2D eigenvalue weighted by Gasteiger charge is -2.04. The summed E-state index contributed by atoms with van der Waals surface area (Å²) < 4.78 is 0. The zero-order chi connectivity index (χ0) is 13.1. The van der Waals surface area contributed by atoms with E-state index in [1.807, 2.05) is 0 Å². The van der Waals surface area contributed by atoms with Crippen LogP contribution in [0.1, 0.15) is 64.7 Å². The second kappa shape index (κ2) is 10.6. The van der Waals surface area contributed by atoms with E-state index in [2.05, 4.69) is 12.6 Å². The molecule has 1 atom stereocenters. The van der Waals surface area contributed by atoms with Gasteiger partial charge >= 0.3 is 5.97 Å². The van der Waals surface area contributed by atoms with E-state index < -0.39 is 11.2 Å². The lowest BCUT2D eigenvalue weighted by atomic mass is 10.1. The van der Waals surface area contributed by atoms with Crippen molar-refractivity contribution in [2.45, 2.75) is 70.0 Å². The SMILES string of the molecule is CC(=O)CCCCCCCCCC(S)C(=O)O. The van der Waals surface area contributed by atoms with Crippen molar-refractivity contribution in [3.63, 3.8) is 0 Å². The molecule has 1 N–H and O–H groups in total. The molecule has 17 heavy (non-hydrogen) atoms. The standard InChI is InChI=1S/C13H24O3S/c1-11(14)9-7-5-3-2-4-6-8-10-12(17)13(15)16/h12,17H,2-10H2,1H3,(H,15,16). The van der Waals surface area contributed by atoms with Crippen LogP contribution >= 0.6 is 12.6 Å². The van der Waals surface area contributed by atoms with Gasteiger partial charge in [0.15, 0.2) is 0 Å². The van der Waals surface area contributed by atoms with Crippen molar-refractivity contribution in [1.29, 1.82) is 0 Å². The quantitative estimate of drug-likeness (QED) is 0.442. The number of hydrogen-bond donors (Lipinski definition) is 2. The van der Waals surface area contributed by atoms with E-state index in [9.17, 15) is 9.59 Å². The highest BCUT2D eigenvalue weighted by molar-refractivity contribution is 7.81. The van der Waals surface area contributed by atoms with Gasteiger partial charge in [-0.25, -0.2) is 0 Å². The average Bonchev–Trinajstić information content (AvgIpc) is 2.25. The highest BCUT2D eigenvalue weighted by atomic mass is 32.1. The molecule has 0 aromatic rings. The van der Waals surface area contributed by atoms with Crippen molar-refractivity contribution in [2.75, 3.05) is 0 Å². The van der Waals surface area contributed by atoms with Crippen molar-refractivity contribution in [1.82, 2.24) is 0 Å². The normalized spacial score (nSPS) is 12.4. The molecular weight excluding hydrogens is 236 g/mol. The number of thiol groups is 1. The van der Waals surface area contributed by atoms with Gasteiger partial charge in [0.05, 0.1) is 5.25 Å². The van der Waals surface area contributed by atoms with Gasteiger partial charge in [0.1, 0.15) is 5.78 Å². The summed E-state index contributed by atoms with van der Waals surface area (Å²) in [6.07, 6.45) is 9.03. The van der Waals surface area contributed by atoms with E-state index in [4.69, 9.17) is 5.11 Å². The molecule has 0 heterocycles. The molecule has 0 aliphatic carbocycles. The molecule has 0 radical (unpaired) electrons. The minimum Gasteiger partial charge on any atom is -0.480 e. The van der Waals surface area contributed by atoms with E-state index in [1.165, 1.54) is 12.8 Å². The number of carboxylic acid groups (broad SMARTS) is 1. The van der Waals surface area contributed by atoms with Crippen molar-refractivity contribution >= 4 is 24.4 Å². The molecule has 0 bridgehead atoms. The highest BCUT2D eigenvalue weighted by Crippen LogP contribution is 2.12. The number of Topliss-reactive ketones (excluding diaryl/α,β-unsaturated/α-hetero) is 1. The maximum absolute atomic E-state index is 10.7. The molecule has 0 saturated heterocycles. The minimum absolute atomic E-state index is 0.276. The van der Waals surface area contributed by atoms with E-state index in [0.29, 0.717) is 12.8 Å². The Morgan fingerprint density at radius 3 is 1.94 bits per heavy atom. The predicted molar refractivity (Wildman–Crippen MR) is 72.6 cm³/mol. The lowest BCUT2D eigenvalue weighted by Crippen LogP contribution is -2.12. The van der Waals surface area contributed by atoms with Gasteiger partial charge in [-0.15, -0.1) is 0 Å². The molecule has 0 aromatic heterocycles.